The van der Waals surface area contributed by atoms with Gasteiger partial charge in [0.2, 0.25) is 5.82 Å². The number of benzene rings is 2. The van der Waals surface area contributed by atoms with E-state index in [1.165, 1.54) is 0 Å². The average Bonchev–Trinajstić information content (AvgIpc) is 3.06. The van der Waals surface area contributed by atoms with E-state index in [1.54, 1.807) is 36.4 Å². The molecule has 0 bridgehead atoms. The Bertz CT molecular complexity index is 799. The molecular formula is C15H12ClN5O. The van der Waals surface area contributed by atoms with Gasteiger partial charge in [0.25, 0.3) is 5.91 Å². The third-order valence-corrected chi connectivity index (χ3v) is 3.68. The zero-order valence-corrected chi connectivity index (χ0v) is 12.4. The molecule has 1 heterocycles. The number of H-pyrrole nitrogens is 1. The molecule has 3 rings (SSSR count). The van der Waals surface area contributed by atoms with E-state index >= 15 is 0 Å². The predicted molar refractivity (Wildman–Crippen MR) is 83.8 cm³/mol. The SMILES string of the molecule is Cc1c(Cl)cccc1NC(=O)c1ccc(-c2nn[nH]n2)cc1. The Labute approximate surface area is 131 Å². The van der Waals surface area contributed by atoms with Gasteiger partial charge in [-0.25, -0.2) is 0 Å². The van der Waals surface area contributed by atoms with Crippen LogP contribution in [-0.4, -0.2) is 26.5 Å². The molecule has 0 spiro atoms. The third-order valence-electron chi connectivity index (χ3n) is 3.27. The molecule has 110 valence electrons. The zero-order chi connectivity index (χ0) is 15.5. The van der Waals surface area contributed by atoms with Crippen molar-refractivity contribution >= 4 is 23.2 Å². The Morgan fingerprint density at radius 3 is 2.64 bits per heavy atom. The van der Waals surface area contributed by atoms with E-state index < -0.39 is 0 Å². The van der Waals surface area contributed by atoms with Crippen molar-refractivity contribution in [1.29, 1.82) is 0 Å². The maximum Gasteiger partial charge on any atom is 0.255 e. The van der Waals surface area contributed by atoms with Gasteiger partial charge >= 0.3 is 0 Å². The Kier molecular flexibility index (Phi) is 3.84. The van der Waals surface area contributed by atoms with Crippen LogP contribution in [0.2, 0.25) is 5.02 Å². The van der Waals surface area contributed by atoms with E-state index in [2.05, 4.69) is 25.9 Å². The number of amides is 1. The second-order valence-corrected chi connectivity index (χ2v) is 5.09. The molecule has 0 saturated heterocycles. The molecule has 0 aliphatic carbocycles. The lowest BCUT2D eigenvalue weighted by molar-refractivity contribution is 0.102. The number of rotatable bonds is 3. The highest BCUT2D eigenvalue weighted by Crippen LogP contribution is 2.23. The largest absolute Gasteiger partial charge is 0.322 e. The summed E-state index contributed by atoms with van der Waals surface area (Å²) >= 11 is 6.05. The first kappa shape index (κ1) is 14.2. The molecule has 0 saturated carbocycles. The molecule has 0 unspecified atom stereocenters. The minimum atomic E-state index is -0.204. The van der Waals surface area contributed by atoms with Crippen molar-refractivity contribution in [3.05, 3.63) is 58.6 Å². The summed E-state index contributed by atoms with van der Waals surface area (Å²) < 4.78 is 0. The Hall–Kier alpha value is -2.73. The summed E-state index contributed by atoms with van der Waals surface area (Å²) in [6.07, 6.45) is 0. The van der Waals surface area contributed by atoms with Crippen LogP contribution < -0.4 is 5.32 Å². The van der Waals surface area contributed by atoms with Crippen LogP contribution in [0.25, 0.3) is 11.4 Å². The van der Waals surface area contributed by atoms with E-state index in [4.69, 9.17) is 11.6 Å². The third kappa shape index (κ3) is 2.82. The molecule has 1 aromatic heterocycles. The first-order valence-corrected chi connectivity index (χ1v) is 6.93. The van der Waals surface area contributed by atoms with Gasteiger partial charge in [-0.05, 0) is 42.0 Å². The van der Waals surface area contributed by atoms with Crippen LogP contribution in [-0.2, 0) is 0 Å². The van der Waals surface area contributed by atoms with E-state index in [0.717, 1.165) is 11.1 Å². The fraction of sp³-hybridized carbons (Fsp3) is 0.0667. The molecular weight excluding hydrogens is 302 g/mol. The molecule has 6 nitrogen and oxygen atoms in total. The molecule has 0 atom stereocenters. The van der Waals surface area contributed by atoms with Gasteiger partial charge < -0.3 is 5.32 Å². The second kappa shape index (κ2) is 5.95. The number of anilines is 1. The van der Waals surface area contributed by atoms with Crippen molar-refractivity contribution in [2.24, 2.45) is 0 Å². The van der Waals surface area contributed by atoms with Crippen molar-refractivity contribution in [2.75, 3.05) is 5.32 Å². The van der Waals surface area contributed by atoms with Crippen molar-refractivity contribution < 1.29 is 4.79 Å². The number of tetrazole rings is 1. The highest BCUT2D eigenvalue weighted by atomic mass is 35.5. The number of nitrogens with zero attached hydrogens (tertiary/aromatic N) is 3. The quantitative estimate of drug-likeness (QED) is 0.778. The summed E-state index contributed by atoms with van der Waals surface area (Å²) in [4.78, 5) is 12.3. The highest BCUT2D eigenvalue weighted by molar-refractivity contribution is 6.31. The van der Waals surface area contributed by atoms with Crippen LogP contribution in [0.15, 0.2) is 42.5 Å². The number of halogens is 1. The van der Waals surface area contributed by atoms with Gasteiger partial charge in [-0.1, -0.05) is 29.8 Å². The monoisotopic (exact) mass is 313 g/mol. The topological polar surface area (TPSA) is 83.6 Å². The summed E-state index contributed by atoms with van der Waals surface area (Å²) in [5.41, 5.74) is 2.84. The van der Waals surface area contributed by atoms with E-state index in [1.807, 2.05) is 13.0 Å². The van der Waals surface area contributed by atoms with E-state index in [0.29, 0.717) is 22.1 Å². The fourth-order valence-electron chi connectivity index (χ4n) is 1.99. The summed E-state index contributed by atoms with van der Waals surface area (Å²) in [7, 11) is 0. The van der Waals surface area contributed by atoms with Gasteiger partial charge in [-0.3, -0.25) is 4.79 Å². The maximum absolute atomic E-state index is 12.3. The molecule has 0 aliphatic heterocycles. The smallest absolute Gasteiger partial charge is 0.255 e. The van der Waals surface area contributed by atoms with Gasteiger partial charge in [-0.2, -0.15) is 5.21 Å². The number of aromatic nitrogens is 4. The molecule has 7 heteroatoms. The number of nitrogens with one attached hydrogen (secondary N) is 2. The lowest BCUT2D eigenvalue weighted by Gasteiger charge is -2.09. The first-order valence-electron chi connectivity index (χ1n) is 6.55. The van der Waals surface area contributed by atoms with Crippen LogP contribution in [0.5, 0.6) is 0 Å². The molecule has 0 aliphatic rings. The number of hydrogen-bond acceptors (Lipinski definition) is 4. The minimum absolute atomic E-state index is 0.204. The van der Waals surface area contributed by atoms with Crippen LogP contribution in [0.1, 0.15) is 15.9 Å². The first-order chi connectivity index (χ1) is 10.6. The summed E-state index contributed by atoms with van der Waals surface area (Å²) in [6, 6.07) is 12.3. The molecule has 0 radical (unpaired) electrons. The number of carbonyl (C=O) groups is 1. The van der Waals surface area contributed by atoms with Crippen LogP contribution >= 0.6 is 11.6 Å². The summed E-state index contributed by atoms with van der Waals surface area (Å²) in [6.45, 7) is 1.86. The lowest BCUT2D eigenvalue weighted by Crippen LogP contribution is -2.12. The van der Waals surface area contributed by atoms with Crippen LogP contribution in [0, 0.1) is 6.92 Å². The number of carbonyl (C=O) groups excluding carboxylic acids is 1. The van der Waals surface area contributed by atoms with Crippen molar-refractivity contribution in [2.45, 2.75) is 6.92 Å². The number of hydrogen-bond donors (Lipinski definition) is 2. The lowest BCUT2D eigenvalue weighted by atomic mass is 10.1. The molecule has 2 N–H and O–H groups in total. The van der Waals surface area contributed by atoms with Gasteiger partial charge in [0.15, 0.2) is 0 Å². The molecule has 2 aromatic carbocycles. The van der Waals surface area contributed by atoms with Crippen LogP contribution in [0.3, 0.4) is 0 Å². The minimum Gasteiger partial charge on any atom is -0.322 e. The van der Waals surface area contributed by atoms with Crippen LogP contribution in [0.4, 0.5) is 5.69 Å². The van der Waals surface area contributed by atoms with Gasteiger partial charge in [-0.15, -0.1) is 10.2 Å². The molecule has 0 fully saturated rings. The standard InChI is InChI=1S/C15H12ClN5O/c1-9-12(16)3-2-4-13(9)17-15(22)11-7-5-10(6-8-11)14-18-20-21-19-14/h2-8H,1H3,(H,17,22)(H,18,19,20,21). The van der Waals surface area contributed by atoms with Crippen molar-refractivity contribution in [1.82, 2.24) is 20.6 Å². The predicted octanol–water partition coefficient (Wildman–Crippen LogP) is 3.08. The Morgan fingerprint density at radius 1 is 1.18 bits per heavy atom. The summed E-state index contributed by atoms with van der Waals surface area (Å²) in [5.74, 6) is 0.280. The fourth-order valence-corrected chi connectivity index (χ4v) is 2.17. The van der Waals surface area contributed by atoms with Crippen molar-refractivity contribution in [3.8, 4) is 11.4 Å². The molecule has 22 heavy (non-hydrogen) atoms. The molecule has 1 amide bonds. The van der Waals surface area contributed by atoms with Gasteiger partial charge in [0, 0.05) is 21.8 Å². The second-order valence-electron chi connectivity index (χ2n) is 4.68. The Morgan fingerprint density at radius 2 is 1.95 bits per heavy atom. The molecule has 3 aromatic rings. The van der Waals surface area contributed by atoms with Gasteiger partial charge in [0.1, 0.15) is 0 Å². The maximum atomic E-state index is 12.3. The Balaban J connectivity index is 1.79. The van der Waals surface area contributed by atoms with Crippen molar-refractivity contribution in [3.63, 3.8) is 0 Å². The van der Waals surface area contributed by atoms with Gasteiger partial charge in [0.05, 0.1) is 0 Å². The highest BCUT2D eigenvalue weighted by Gasteiger charge is 2.10. The van der Waals surface area contributed by atoms with E-state index in [-0.39, 0.29) is 5.91 Å². The normalized spacial score (nSPS) is 10.5. The zero-order valence-electron chi connectivity index (χ0n) is 11.7. The van der Waals surface area contributed by atoms with E-state index in [9.17, 15) is 4.79 Å². The number of aromatic amines is 1. The average molecular weight is 314 g/mol. The summed E-state index contributed by atoms with van der Waals surface area (Å²) in [5, 5.41) is 17.1.